The Bertz CT molecular complexity index is 948. The second-order valence-electron chi connectivity index (χ2n) is 7.86. The molecular formula is C23H24ClN3O3. The number of nitrogens with one attached hydrogen (secondary N) is 2. The van der Waals surface area contributed by atoms with Crippen molar-refractivity contribution in [1.82, 2.24) is 10.2 Å². The maximum absolute atomic E-state index is 12.8. The highest BCUT2D eigenvalue weighted by Gasteiger charge is 2.31. The standard InChI is InChI=1S/C23H24ClN3O3/c24-20-4-2-1-3-19(20)22(29)26-17-7-5-16(6-8-17)23(30)27-13-11-15(12-14-27)21(28)25-18-9-10-18/h1-8,15,18H,9-14H2,(H,25,28)(H,26,29). The fraction of sp³-hybridized carbons (Fsp3) is 0.348. The summed E-state index contributed by atoms with van der Waals surface area (Å²) in [5.74, 6) is -0.230. The third-order valence-electron chi connectivity index (χ3n) is 5.58. The van der Waals surface area contributed by atoms with Crippen LogP contribution >= 0.6 is 11.6 Å². The number of rotatable bonds is 5. The molecular weight excluding hydrogens is 402 g/mol. The van der Waals surface area contributed by atoms with Gasteiger partial charge in [-0.2, -0.15) is 0 Å². The Labute approximate surface area is 180 Å². The molecule has 156 valence electrons. The first-order valence-corrected chi connectivity index (χ1v) is 10.6. The van der Waals surface area contributed by atoms with E-state index in [4.69, 9.17) is 11.6 Å². The second-order valence-corrected chi connectivity index (χ2v) is 8.27. The van der Waals surface area contributed by atoms with Crippen molar-refractivity contribution < 1.29 is 14.4 Å². The van der Waals surface area contributed by atoms with E-state index >= 15 is 0 Å². The number of carbonyl (C=O) groups excluding carboxylic acids is 3. The smallest absolute Gasteiger partial charge is 0.257 e. The van der Waals surface area contributed by atoms with Crippen molar-refractivity contribution in [2.45, 2.75) is 31.7 Å². The zero-order chi connectivity index (χ0) is 21.1. The zero-order valence-electron chi connectivity index (χ0n) is 16.6. The van der Waals surface area contributed by atoms with Crippen LogP contribution in [0.4, 0.5) is 5.69 Å². The van der Waals surface area contributed by atoms with Gasteiger partial charge in [-0.15, -0.1) is 0 Å². The van der Waals surface area contributed by atoms with Crippen LogP contribution < -0.4 is 10.6 Å². The van der Waals surface area contributed by atoms with Gasteiger partial charge in [-0.3, -0.25) is 14.4 Å². The van der Waals surface area contributed by atoms with E-state index in [2.05, 4.69) is 10.6 Å². The summed E-state index contributed by atoms with van der Waals surface area (Å²) in [7, 11) is 0. The third kappa shape index (κ3) is 4.82. The molecule has 2 aliphatic rings. The number of likely N-dealkylation sites (tertiary alicyclic amines) is 1. The van der Waals surface area contributed by atoms with Crippen LogP contribution in [0.1, 0.15) is 46.4 Å². The Balaban J connectivity index is 1.31. The summed E-state index contributed by atoms with van der Waals surface area (Å²) < 4.78 is 0. The minimum absolute atomic E-state index is 0.00273. The first kappa shape index (κ1) is 20.4. The predicted molar refractivity (Wildman–Crippen MR) is 116 cm³/mol. The van der Waals surface area contributed by atoms with E-state index in [1.165, 1.54) is 0 Å². The van der Waals surface area contributed by atoms with E-state index in [9.17, 15) is 14.4 Å². The molecule has 1 heterocycles. The fourth-order valence-electron chi connectivity index (χ4n) is 3.61. The molecule has 0 bridgehead atoms. The molecule has 0 spiro atoms. The van der Waals surface area contributed by atoms with Gasteiger partial charge in [0.2, 0.25) is 5.91 Å². The van der Waals surface area contributed by atoms with Gasteiger partial charge in [0, 0.05) is 36.3 Å². The number of benzene rings is 2. The average Bonchev–Trinajstić information content (AvgIpc) is 3.58. The number of carbonyl (C=O) groups is 3. The van der Waals surface area contributed by atoms with Crippen molar-refractivity contribution >= 4 is 35.0 Å². The van der Waals surface area contributed by atoms with Gasteiger partial charge >= 0.3 is 0 Å². The molecule has 30 heavy (non-hydrogen) atoms. The molecule has 7 heteroatoms. The van der Waals surface area contributed by atoms with Crippen molar-refractivity contribution in [3.63, 3.8) is 0 Å². The highest BCUT2D eigenvalue weighted by molar-refractivity contribution is 6.34. The normalized spacial score (nSPS) is 16.8. The summed E-state index contributed by atoms with van der Waals surface area (Å²) in [6.07, 6.45) is 3.54. The minimum Gasteiger partial charge on any atom is -0.353 e. The van der Waals surface area contributed by atoms with E-state index < -0.39 is 0 Å². The second kappa shape index (κ2) is 8.88. The first-order valence-electron chi connectivity index (χ1n) is 10.3. The van der Waals surface area contributed by atoms with E-state index in [0.29, 0.717) is 53.8 Å². The Morgan fingerprint density at radius 2 is 1.57 bits per heavy atom. The van der Waals surface area contributed by atoms with Crippen molar-refractivity contribution in [3.8, 4) is 0 Å². The topological polar surface area (TPSA) is 78.5 Å². The molecule has 0 aromatic heterocycles. The summed E-state index contributed by atoms with van der Waals surface area (Å²) in [5.41, 5.74) is 1.55. The molecule has 1 saturated carbocycles. The number of amides is 3. The van der Waals surface area contributed by atoms with Crippen molar-refractivity contribution in [3.05, 3.63) is 64.7 Å². The van der Waals surface area contributed by atoms with Crippen LogP contribution in [-0.4, -0.2) is 41.8 Å². The lowest BCUT2D eigenvalue weighted by molar-refractivity contribution is -0.126. The molecule has 0 atom stereocenters. The number of hydrogen-bond donors (Lipinski definition) is 2. The van der Waals surface area contributed by atoms with Crippen molar-refractivity contribution in [1.29, 1.82) is 0 Å². The quantitative estimate of drug-likeness (QED) is 0.766. The van der Waals surface area contributed by atoms with Crippen LogP contribution in [0.15, 0.2) is 48.5 Å². The van der Waals surface area contributed by atoms with Crippen molar-refractivity contribution in [2.24, 2.45) is 5.92 Å². The van der Waals surface area contributed by atoms with Gasteiger partial charge in [0.05, 0.1) is 10.6 Å². The van der Waals surface area contributed by atoms with E-state index in [1.54, 1.807) is 53.4 Å². The molecule has 2 N–H and O–H groups in total. The zero-order valence-corrected chi connectivity index (χ0v) is 17.3. The lowest BCUT2D eigenvalue weighted by Crippen LogP contribution is -2.43. The van der Waals surface area contributed by atoms with Gasteiger partial charge in [0.15, 0.2) is 0 Å². The third-order valence-corrected chi connectivity index (χ3v) is 5.91. The van der Waals surface area contributed by atoms with Crippen LogP contribution in [0.2, 0.25) is 5.02 Å². The van der Waals surface area contributed by atoms with Gasteiger partial charge < -0.3 is 15.5 Å². The highest BCUT2D eigenvalue weighted by atomic mass is 35.5. The summed E-state index contributed by atoms with van der Waals surface area (Å²) in [4.78, 5) is 39.1. The maximum Gasteiger partial charge on any atom is 0.257 e. The molecule has 2 fully saturated rings. The van der Waals surface area contributed by atoms with Gasteiger partial charge in [0.1, 0.15) is 0 Å². The Hall–Kier alpha value is -2.86. The van der Waals surface area contributed by atoms with Crippen LogP contribution in [0.3, 0.4) is 0 Å². The predicted octanol–water partition coefficient (Wildman–Crippen LogP) is 3.72. The van der Waals surface area contributed by atoms with Crippen molar-refractivity contribution in [2.75, 3.05) is 18.4 Å². The lowest BCUT2D eigenvalue weighted by Gasteiger charge is -2.31. The molecule has 6 nitrogen and oxygen atoms in total. The Morgan fingerprint density at radius 3 is 2.20 bits per heavy atom. The number of piperidine rings is 1. The molecule has 4 rings (SSSR count). The summed E-state index contributed by atoms with van der Waals surface area (Å²) in [6, 6.07) is 14.0. The van der Waals surface area contributed by atoms with Gasteiger partial charge in [0.25, 0.3) is 11.8 Å². The molecule has 0 unspecified atom stereocenters. The van der Waals surface area contributed by atoms with E-state index in [1.807, 2.05) is 0 Å². The summed E-state index contributed by atoms with van der Waals surface area (Å²) in [6.45, 7) is 1.15. The largest absolute Gasteiger partial charge is 0.353 e. The lowest BCUT2D eigenvalue weighted by atomic mass is 9.95. The molecule has 1 saturated heterocycles. The van der Waals surface area contributed by atoms with Crippen LogP contribution in [0, 0.1) is 5.92 Å². The molecule has 2 aromatic carbocycles. The Kier molecular flexibility index (Phi) is 6.04. The summed E-state index contributed by atoms with van der Waals surface area (Å²) >= 11 is 6.06. The summed E-state index contributed by atoms with van der Waals surface area (Å²) in [5, 5.41) is 6.23. The molecule has 1 aliphatic heterocycles. The molecule has 3 amide bonds. The molecule has 1 aliphatic carbocycles. The van der Waals surface area contributed by atoms with Crippen LogP contribution in [-0.2, 0) is 4.79 Å². The number of anilines is 1. The SMILES string of the molecule is O=C(Nc1ccc(C(=O)N2CCC(C(=O)NC3CC3)CC2)cc1)c1ccccc1Cl. The number of halogens is 1. The van der Waals surface area contributed by atoms with Crippen LogP contribution in [0.25, 0.3) is 0 Å². The molecule has 0 radical (unpaired) electrons. The van der Waals surface area contributed by atoms with Crippen LogP contribution in [0.5, 0.6) is 0 Å². The van der Waals surface area contributed by atoms with E-state index in [-0.39, 0.29) is 23.6 Å². The van der Waals surface area contributed by atoms with Gasteiger partial charge in [-0.25, -0.2) is 0 Å². The highest BCUT2D eigenvalue weighted by Crippen LogP contribution is 2.24. The maximum atomic E-state index is 12.8. The van der Waals surface area contributed by atoms with Gasteiger partial charge in [-0.05, 0) is 62.1 Å². The number of hydrogen-bond acceptors (Lipinski definition) is 3. The fourth-order valence-corrected chi connectivity index (χ4v) is 3.84. The first-order chi connectivity index (χ1) is 14.5. The minimum atomic E-state index is -0.300. The Morgan fingerprint density at radius 1 is 0.900 bits per heavy atom. The van der Waals surface area contributed by atoms with Gasteiger partial charge in [-0.1, -0.05) is 23.7 Å². The molecule has 2 aromatic rings. The average molecular weight is 426 g/mol. The monoisotopic (exact) mass is 425 g/mol. The number of nitrogens with zero attached hydrogens (tertiary/aromatic N) is 1. The van der Waals surface area contributed by atoms with E-state index in [0.717, 1.165) is 12.8 Å².